The van der Waals surface area contributed by atoms with Crippen LogP contribution in [-0.2, 0) is 4.79 Å². The Morgan fingerprint density at radius 3 is 2.40 bits per heavy atom. The highest BCUT2D eigenvalue weighted by atomic mass is 16.1. The Hall–Kier alpha value is -0.370. The zero-order valence-electron chi connectivity index (χ0n) is 9.63. The van der Waals surface area contributed by atoms with E-state index in [0.29, 0.717) is 5.78 Å². The molecule has 1 atom stereocenters. The molecule has 1 aliphatic carbocycles. The fraction of sp³-hybridized carbons (Fsp3) is 0.923. The predicted octanol–water partition coefficient (Wildman–Crippen LogP) is 2.53. The van der Waals surface area contributed by atoms with Crippen molar-refractivity contribution < 1.29 is 4.79 Å². The molecule has 0 bridgehead atoms. The Bertz CT molecular complexity index is 205. The predicted molar refractivity (Wildman–Crippen MR) is 61.8 cm³/mol. The van der Waals surface area contributed by atoms with Crippen molar-refractivity contribution in [3.63, 3.8) is 0 Å². The second-order valence-electron chi connectivity index (χ2n) is 5.27. The largest absolute Gasteiger partial charge is 0.316 e. The van der Waals surface area contributed by atoms with Crippen LogP contribution in [0.2, 0.25) is 0 Å². The van der Waals surface area contributed by atoms with Gasteiger partial charge >= 0.3 is 0 Å². The topological polar surface area (TPSA) is 29.1 Å². The SMILES string of the molecule is O=C(CCC1CC1)CCC1CCCNC1. The van der Waals surface area contributed by atoms with Gasteiger partial charge in [0.1, 0.15) is 5.78 Å². The molecule has 1 N–H and O–H groups in total. The molecular weight excluding hydrogens is 186 g/mol. The summed E-state index contributed by atoms with van der Waals surface area (Å²) in [5, 5.41) is 3.41. The third-order valence-corrected chi connectivity index (χ3v) is 3.76. The Morgan fingerprint density at radius 1 is 1.07 bits per heavy atom. The van der Waals surface area contributed by atoms with E-state index in [1.54, 1.807) is 0 Å². The van der Waals surface area contributed by atoms with Crippen molar-refractivity contribution in [3.8, 4) is 0 Å². The molecule has 1 heterocycles. The van der Waals surface area contributed by atoms with Crippen molar-refractivity contribution in [2.45, 2.75) is 51.4 Å². The minimum atomic E-state index is 0.507. The molecule has 1 saturated heterocycles. The van der Waals surface area contributed by atoms with E-state index in [4.69, 9.17) is 0 Å². The first kappa shape index (κ1) is 11.1. The summed E-state index contributed by atoms with van der Waals surface area (Å²) in [6.07, 6.45) is 9.34. The number of piperidine rings is 1. The lowest BCUT2D eigenvalue weighted by atomic mass is 9.93. The molecule has 0 amide bonds. The van der Waals surface area contributed by atoms with E-state index in [1.807, 2.05) is 0 Å². The van der Waals surface area contributed by atoms with Crippen LogP contribution in [0.1, 0.15) is 51.4 Å². The normalized spacial score (nSPS) is 26.5. The van der Waals surface area contributed by atoms with Crippen LogP contribution >= 0.6 is 0 Å². The van der Waals surface area contributed by atoms with Crippen LogP contribution in [0.3, 0.4) is 0 Å². The highest BCUT2D eigenvalue weighted by molar-refractivity contribution is 5.78. The van der Waals surface area contributed by atoms with Gasteiger partial charge in [0.15, 0.2) is 0 Å². The van der Waals surface area contributed by atoms with Crippen molar-refractivity contribution in [3.05, 3.63) is 0 Å². The van der Waals surface area contributed by atoms with Crippen molar-refractivity contribution in [1.29, 1.82) is 0 Å². The van der Waals surface area contributed by atoms with Crippen LogP contribution in [0.15, 0.2) is 0 Å². The van der Waals surface area contributed by atoms with Crippen molar-refractivity contribution in [2.24, 2.45) is 11.8 Å². The molecule has 2 nitrogen and oxygen atoms in total. The average Bonchev–Trinajstić information content (AvgIpc) is 3.09. The molecule has 0 spiro atoms. The van der Waals surface area contributed by atoms with Crippen molar-refractivity contribution >= 4 is 5.78 Å². The third kappa shape index (κ3) is 4.33. The number of ketones is 1. The lowest BCUT2D eigenvalue weighted by Crippen LogP contribution is -2.29. The van der Waals surface area contributed by atoms with E-state index in [1.165, 1.54) is 38.6 Å². The summed E-state index contributed by atoms with van der Waals surface area (Å²) in [6.45, 7) is 2.31. The number of hydrogen-bond donors (Lipinski definition) is 1. The first-order valence-electron chi connectivity index (χ1n) is 6.57. The van der Waals surface area contributed by atoms with Gasteiger partial charge in [0.2, 0.25) is 0 Å². The zero-order chi connectivity index (χ0) is 10.5. The maximum absolute atomic E-state index is 11.6. The Kier molecular flexibility index (Phi) is 4.18. The number of carbonyl (C=O) groups is 1. The molecule has 15 heavy (non-hydrogen) atoms. The molecule has 2 rings (SSSR count). The Morgan fingerprint density at radius 2 is 1.80 bits per heavy atom. The van der Waals surface area contributed by atoms with Crippen LogP contribution < -0.4 is 5.32 Å². The number of hydrogen-bond acceptors (Lipinski definition) is 2. The summed E-state index contributed by atoms with van der Waals surface area (Å²) in [4.78, 5) is 11.6. The number of rotatable bonds is 6. The monoisotopic (exact) mass is 209 g/mol. The molecule has 1 saturated carbocycles. The van der Waals surface area contributed by atoms with Gasteiger partial charge in [0.05, 0.1) is 0 Å². The van der Waals surface area contributed by atoms with E-state index in [0.717, 1.165) is 37.6 Å². The molecule has 1 unspecified atom stereocenters. The van der Waals surface area contributed by atoms with Crippen LogP contribution in [0.5, 0.6) is 0 Å². The summed E-state index contributed by atoms with van der Waals surface area (Å²) >= 11 is 0. The fourth-order valence-corrected chi connectivity index (χ4v) is 2.43. The van der Waals surface area contributed by atoms with Crippen LogP contribution in [-0.4, -0.2) is 18.9 Å². The molecule has 86 valence electrons. The van der Waals surface area contributed by atoms with Gasteiger partial charge in [0, 0.05) is 12.8 Å². The minimum Gasteiger partial charge on any atom is -0.316 e. The quantitative estimate of drug-likeness (QED) is 0.728. The van der Waals surface area contributed by atoms with E-state index in [2.05, 4.69) is 5.32 Å². The smallest absolute Gasteiger partial charge is 0.132 e. The highest BCUT2D eigenvalue weighted by Gasteiger charge is 2.22. The first-order valence-corrected chi connectivity index (χ1v) is 6.57. The number of carbonyl (C=O) groups excluding carboxylic acids is 1. The number of Topliss-reactive ketones (excluding diaryl/α,β-unsaturated/α-hetero) is 1. The van der Waals surface area contributed by atoms with E-state index < -0.39 is 0 Å². The second kappa shape index (κ2) is 5.64. The van der Waals surface area contributed by atoms with Crippen molar-refractivity contribution in [2.75, 3.05) is 13.1 Å². The van der Waals surface area contributed by atoms with Gasteiger partial charge in [-0.1, -0.05) is 12.8 Å². The maximum Gasteiger partial charge on any atom is 0.132 e. The summed E-state index contributed by atoms with van der Waals surface area (Å²) in [5.74, 6) is 2.18. The molecule has 2 fully saturated rings. The molecule has 1 aliphatic heterocycles. The van der Waals surface area contributed by atoms with Crippen molar-refractivity contribution in [1.82, 2.24) is 5.32 Å². The Balaban J connectivity index is 1.53. The molecule has 2 aliphatic rings. The van der Waals surface area contributed by atoms with Gasteiger partial charge in [-0.2, -0.15) is 0 Å². The van der Waals surface area contributed by atoms with Gasteiger partial charge in [-0.15, -0.1) is 0 Å². The summed E-state index contributed by atoms with van der Waals surface area (Å²) in [6, 6.07) is 0. The standard InChI is InChI=1S/C13H23NO/c15-13(7-5-11-3-4-11)8-6-12-2-1-9-14-10-12/h11-12,14H,1-10H2. The van der Waals surface area contributed by atoms with E-state index in [9.17, 15) is 4.79 Å². The first-order chi connectivity index (χ1) is 7.34. The third-order valence-electron chi connectivity index (χ3n) is 3.76. The summed E-state index contributed by atoms with van der Waals surface area (Å²) in [7, 11) is 0. The maximum atomic E-state index is 11.6. The second-order valence-corrected chi connectivity index (χ2v) is 5.27. The van der Waals surface area contributed by atoms with Gasteiger partial charge in [-0.05, 0) is 50.6 Å². The van der Waals surface area contributed by atoms with Gasteiger partial charge in [-0.3, -0.25) is 4.79 Å². The van der Waals surface area contributed by atoms with Crippen LogP contribution in [0, 0.1) is 11.8 Å². The molecule has 0 aromatic rings. The van der Waals surface area contributed by atoms with Gasteiger partial charge < -0.3 is 5.32 Å². The van der Waals surface area contributed by atoms with Crippen LogP contribution in [0.4, 0.5) is 0 Å². The highest BCUT2D eigenvalue weighted by Crippen LogP contribution is 2.33. The summed E-state index contributed by atoms with van der Waals surface area (Å²) < 4.78 is 0. The minimum absolute atomic E-state index is 0.507. The molecule has 0 aromatic heterocycles. The lowest BCUT2D eigenvalue weighted by molar-refractivity contribution is -0.119. The molecule has 2 heteroatoms. The molecular formula is C13H23NO. The average molecular weight is 209 g/mol. The van der Waals surface area contributed by atoms with Gasteiger partial charge in [0.25, 0.3) is 0 Å². The number of nitrogens with one attached hydrogen (secondary N) is 1. The van der Waals surface area contributed by atoms with E-state index >= 15 is 0 Å². The summed E-state index contributed by atoms with van der Waals surface area (Å²) in [5.41, 5.74) is 0. The van der Waals surface area contributed by atoms with Crippen LogP contribution in [0.25, 0.3) is 0 Å². The zero-order valence-corrected chi connectivity index (χ0v) is 9.63. The lowest BCUT2D eigenvalue weighted by Gasteiger charge is -2.22. The fourth-order valence-electron chi connectivity index (χ4n) is 2.43. The molecule has 0 aromatic carbocycles. The van der Waals surface area contributed by atoms with E-state index in [-0.39, 0.29) is 0 Å². The Labute approximate surface area is 92.8 Å². The van der Waals surface area contributed by atoms with Gasteiger partial charge in [-0.25, -0.2) is 0 Å². The molecule has 0 radical (unpaired) electrons.